The van der Waals surface area contributed by atoms with Gasteiger partial charge in [-0.25, -0.2) is 0 Å². The van der Waals surface area contributed by atoms with Crippen LogP contribution in [-0.2, 0) is 12.8 Å². The van der Waals surface area contributed by atoms with Crippen LogP contribution >= 0.6 is 0 Å². The van der Waals surface area contributed by atoms with Crippen LogP contribution in [0.3, 0.4) is 0 Å². The Morgan fingerprint density at radius 3 is 2.57 bits per heavy atom. The van der Waals surface area contributed by atoms with Gasteiger partial charge in [-0.2, -0.15) is 0 Å². The number of rotatable bonds is 11. The molecule has 1 rings (SSSR count). The third-order valence-electron chi connectivity index (χ3n) is 4.24. The van der Waals surface area contributed by atoms with Crippen molar-refractivity contribution in [1.82, 2.24) is 5.32 Å². The van der Waals surface area contributed by atoms with Gasteiger partial charge in [-0.1, -0.05) is 32.4 Å². The molecule has 0 saturated heterocycles. The summed E-state index contributed by atoms with van der Waals surface area (Å²) < 4.78 is 5.84. The molecule has 4 heteroatoms. The number of hydrogen-bond donors (Lipinski definition) is 3. The molecule has 3 N–H and O–H groups in total. The summed E-state index contributed by atoms with van der Waals surface area (Å²) in [5, 5.41) is 22.8. The van der Waals surface area contributed by atoms with E-state index >= 15 is 0 Å². The van der Waals surface area contributed by atoms with Gasteiger partial charge in [-0.05, 0) is 50.3 Å². The highest BCUT2D eigenvalue weighted by Gasteiger charge is 2.17. The van der Waals surface area contributed by atoms with Gasteiger partial charge in [-0.15, -0.1) is 0 Å². The SMILES string of the molecule is CCCc1cccc(OCC(O)CNC(C)(C)CC)c1CCO. The van der Waals surface area contributed by atoms with E-state index in [-0.39, 0.29) is 18.8 Å². The molecule has 0 aliphatic carbocycles. The molecule has 23 heavy (non-hydrogen) atoms. The number of benzene rings is 1. The summed E-state index contributed by atoms with van der Waals surface area (Å²) in [6, 6.07) is 5.98. The topological polar surface area (TPSA) is 61.7 Å². The molecule has 0 bridgehead atoms. The van der Waals surface area contributed by atoms with Crippen LogP contribution in [0, 0.1) is 0 Å². The summed E-state index contributed by atoms with van der Waals surface area (Å²) in [6.07, 6.45) is 3.06. The average molecular weight is 323 g/mol. The van der Waals surface area contributed by atoms with Crippen LogP contribution in [0.2, 0.25) is 0 Å². The molecule has 132 valence electrons. The van der Waals surface area contributed by atoms with Gasteiger partial charge in [0.25, 0.3) is 0 Å². The molecule has 0 amide bonds. The summed E-state index contributed by atoms with van der Waals surface area (Å²) >= 11 is 0. The van der Waals surface area contributed by atoms with Crippen LogP contribution in [0.4, 0.5) is 0 Å². The Balaban J connectivity index is 2.64. The van der Waals surface area contributed by atoms with Crippen LogP contribution in [0.25, 0.3) is 0 Å². The van der Waals surface area contributed by atoms with Gasteiger partial charge in [-0.3, -0.25) is 0 Å². The number of hydrogen-bond acceptors (Lipinski definition) is 4. The van der Waals surface area contributed by atoms with E-state index in [1.165, 1.54) is 5.56 Å². The maximum Gasteiger partial charge on any atom is 0.122 e. The lowest BCUT2D eigenvalue weighted by atomic mass is 10.00. The molecule has 0 aliphatic heterocycles. The Morgan fingerprint density at radius 2 is 1.96 bits per heavy atom. The molecule has 1 aromatic carbocycles. The number of ether oxygens (including phenoxy) is 1. The maximum atomic E-state index is 10.1. The van der Waals surface area contributed by atoms with E-state index in [1.54, 1.807) is 0 Å². The minimum Gasteiger partial charge on any atom is -0.491 e. The smallest absolute Gasteiger partial charge is 0.122 e. The second-order valence-corrected chi connectivity index (χ2v) is 6.70. The first-order valence-electron chi connectivity index (χ1n) is 8.71. The highest BCUT2D eigenvalue weighted by atomic mass is 16.5. The zero-order chi connectivity index (χ0) is 17.3. The Morgan fingerprint density at radius 1 is 1.22 bits per heavy atom. The molecule has 0 fully saturated rings. The highest BCUT2D eigenvalue weighted by molar-refractivity contribution is 5.40. The molecule has 4 nitrogen and oxygen atoms in total. The van der Waals surface area contributed by atoms with Crippen LogP contribution in [-0.4, -0.2) is 41.6 Å². The van der Waals surface area contributed by atoms with E-state index < -0.39 is 6.10 Å². The normalized spacial score (nSPS) is 13.1. The van der Waals surface area contributed by atoms with Crippen molar-refractivity contribution >= 4 is 0 Å². The van der Waals surface area contributed by atoms with Gasteiger partial charge in [0.2, 0.25) is 0 Å². The molecular weight excluding hydrogens is 290 g/mol. The Labute approximate surface area is 140 Å². The summed E-state index contributed by atoms with van der Waals surface area (Å²) in [5.74, 6) is 0.777. The van der Waals surface area contributed by atoms with Crippen molar-refractivity contribution in [1.29, 1.82) is 0 Å². The van der Waals surface area contributed by atoms with E-state index in [2.05, 4.69) is 39.1 Å². The van der Waals surface area contributed by atoms with E-state index in [4.69, 9.17) is 4.74 Å². The average Bonchev–Trinajstić information content (AvgIpc) is 2.53. The van der Waals surface area contributed by atoms with Crippen molar-refractivity contribution in [3.63, 3.8) is 0 Å². The summed E-state index contributed by atoms with van der Waals surface area (Å²) in [6.45, 7) is 9.36. The molecule has 1 unspecified atom stereocenters. The Kier molecular flexibility index (Phi) is 8.59. The lowest BCUT2D eigenvalue weighted by molar-refractivity contribution is 0.0978. The quantitative estimate of drug-likeness (QED) is 0.586. The second kappa shape index (κ2) is 9.91. The van der Waals surface area contributed by atoms with Crippen LogP contribution in [0.1, 0.15) is 51.7 Å². The van der Waals surface area contributed by atoms with Gasteiger partial charge in [0.05, 0.1) is 0 Å². The standard InChI is InChI=1S/C19H33NO3/c1-5-8-15-9-7-10-18(17(15)11-12-21)23-14-16(22)13-20-19(3,4)6-2/h7,9-10,16,20-22H,5-6,8,11-14H2,1-4H3. The molecule has 0 saturated carbocycles. The molecular formula is C19H33NO3. The summed E-state index contributed by atoms with van der Waals surface area (Å²) in [7, 11) is 0. The first kappa shape index (κ1) is 19.9. The van der Waals surface area contributed by atoms with Crippen LogP contribution < -0.4 is 10.1 Å². The molecule has 0 aromatic heterocycles. The fraction of sp³-hybridized carbons (Fsp3) is 0.684. The molecule has 1 aromatic rings. The number of nitrogens with one attached hydrogen (secondary N) is 1. The van der Waals surface area contributed by atoms with E-state index in [1.807, 2.05) is 12.1 Å². The molecule has 0 heterocycles. The van der Waals surface area contributed by atoms with Crippen molar-refractivity contribution in [2.75, 3.05) is 19.8 Å². The lowest BCUT2D eigenvalue weighted by Crippen LogP contribution is -2.44. The van der Waals surface area contributed by atoms with Gasteiger partial charge < -0.3 is 20.3 Å². The molecule has 0 radical (unpaired) electrons. The van der Waals surface area contributed by atoms with Gasteiger partial charge in [0, 0.05) is 18.7 Å². The van der Waals surface area contributed by atoms with E-state index in [9.17, 15) is 10.2 Å². The molecule has 0 spiro atoms. The number of β-amino-alcohol motifs (C(OH)–C–C–N with tert-alkyl or cyclic N) is 1. The maximum absolute atomic E-state index is 10.1. The predicted molar refractivity (Wildman–Crippen MR) is 95.1 cm³/mol. The second-order valence-electron chi connectivity index (χ2n) is 6.70. The Bertz CT molecular complexity index is 460. The highest BCUT2D eigenvalue weighted by Crippen LogP contribution is 2.24. The number of aliphatic hydroxyl groups excluding tert-OH is 2. The van der Waals surface area contributed by atoms with Crippen molar-refractivity contribution in [2.24, 2.45) is 0 Å². The fourth-order valence-corrected chi connectivity index (χ4v) is 2.41. The van der Waals surface area contributed by atoms with Crippen LogP contribution in [0.15, 0.2) is 18.2 Å². The van der Waals surface area contributed by atoms with Gasteiger partial charge in [0.1, 0.15) is 18.5 Å². The third kappa shape index (κ3) is 6.90. The first-order valence-corrected chi connectivity index (χ1v) is 8.71. The molecule has 1 atom stereocenters. The predicted octanol–water partition coefficient (Wildman–Crippen LogP) is 2.69. The third-order valence-corrected chi connectivity index (χ3v) is 4.24. The minimum atomic E-state index is -0.558. The number of aryl methyl sites for hydroxylation is 1. The number of aliphatic hydroxyl groups is 2. The van der Waals surface area contributed by atoms with Gasteiger partial charge >= 0.3 is 0 Å². The van der Waals surface area contributed by atoms with Crippen molar-refractivity contribution in [3.8, 4) is 5.75 Å². The van der Waals surface area contributed by atoms with Crippen molar-refractivity contribution in [2.45, 2.75) is 65.0 Å². The first-order chi connectivity index (χ1) is 10.9. The van der Waals surface area contributed by atoms with Crippen molar-refractivity contribution < 1.29 is 14.9 Å². The zero-order valence-electron chi connectivity index (χ0n) is 15.1. The van der Waals surface area contributed by atoms with Crippen LogP contribution in [0.5, 0.6) is 5.75 Å². The summed E-state index contributed by atoms with van der Waals surface area (Å²) in [5.41, 5.74) is 2.30. The minimum absolute atomic E-state index is 0.0179. The Hall–Kier alpha value is -1.10. The monoisotopic (exact) mass is 323 g/mol. The fourth-order valence-electron chi connectivity index (χ4n) is 2.41. The summed E-state index contributed by atoms with van der Waals surface area (Å²) in [4.78, 5) is 0. The van der Waals surface area contributed by atoms with Gasteiger partial charge in [0.15, 0.2) is 0 Å². The zero-order valence-corrected chi connectivity index (χ0v) is 15.1. The molecule has 0 aliphatic rings. The lowest BCUT2D eigenvalue weighted by Gasteiger charge is -2.26. The van der Waals surface area contributed by atoms with E-state index in [0.717, 1.165) is 30.6 Å². The largest absolute Gasteiger partial charge is 0.491 e. The van der Waals surface area contributed by atoms with E-state index in [0.29, 0.717) is 13.0 Å². The van der Waals surface area contributed by atoms with Crippen molar-refractivity contribution in [3.05, 3.63) is 29.3 Å².